The number of likely N-dealkylation sites (N-methyl/N-ethyl adjacent to an activating group) is 1. The van der Waals surface area contributed by atoms with Gasteiger partial charge in [0.1, 0.15) is 0 Å². The molecule has 102 valence electrons. The number of hydrogen-bond donors (Lipinski definition) is 0. The van der Waals surface area contributed by atoms with Crippen LogP contribution in [0.1, 0.15) is 40.5 Å². The summed E-state index contributed by atoms with van der Waals surface area (Å²) in [5, 5.41) is 0. The molecule has 2 aliphatic rings. The first kappa shape index (κ1) is 16.4. The molecule has 4 nitrogen and oxygen atoms in total. The number of rotatable bonds is 0. The van der Waals surface area contributed by atoms with E-state index in [0.29, 0.717) is 6.54 Å². The van der Waals surface area contributed by atoms with Gasteiger partial charge < -0.3 is 9.64 Å². The van der Waals surface area contributed by atoms with E-state index in [0.717, 1.165) is 25.9 Å². The monoisotopic (exact) mass is 244 g/mol. The third kappa shape index (κ3) is 3.96. The molecular weight excluding hydrogens is 216 g/mol. The van der Waals surface area contributed by atoms with Crippen molar-refractivity contribution in [3.8, 4) is 0 Å². The van der Waals surface area contributed by atoms with Gasteiger partial charge in [-0.1, -0.05) is 27.7 Å². The topological polar surface area (TPSA) is 32.8 Å². The molecule has 0 bridgehead atoms. The molecule has 0 aromatic carbocycles. The fourth-order valence-electron chi connectivity index (χ4n) is 2.11. The summed E-state index contributed by atoms with van der Waals surface area (Å²) in [5.74, 6) is -0.0768. The first-order valence-corrected chi connectivity index (χ1v) is 6.74. The lowest BCUT2D eigenvalue weighted by atomic mass is 10.00. The van der Waals surface area contributed by atoms with Crippen molar-refractivity contribution in [3.63, 3.8) is 0 Å². The number of hydrogen-bond acceptors (Lipinski definition) is 4. The molecule has 0 amide bonds. The first-order chi connectivity index (χ1) is 8.12. The molecule has 0 unspecified atom stereocenters. The summed E-state index contributed by atoms with van der Waals surface area (Å²) in [6.45, 7) is 10.5. The Morgan fingerprint density at radius 1 is 1.06 bits per heavy atom. The van der Waals surface area contributed by atoms with Crippen LogP contribution in [0.3, 0.4) is 0 Å². The number of likely N-dealkylation sites (tertiary alicyclic amines) is 1. The molecule has 17 heavy (non-hydrogen) atoms. The second-order valence-corrected chi connectivity index (χ2v) is 4.08. The predicted octanol–water partition coefficient (Wildman–Crippen LogP) is 1.95. The molecule has 2 saturated heterocycles. The average molecular weight is 244 g/mol. The van der Waals surface area contributed by atoms with Crippen LogP contribution in [-0.4, -0.2) is 55.2 Å². The van der Waals surface area contributed by atoms with E-state index in [1.807, 2.05) is 39.6 Å². The van der Waals surface area contributed by atoms with Gasteiger partial charge in [-0.2, -0.15) is 0 Å². The molecule has 2 heterocycles. The van der Waals surface area contributed by atoms with E-state index in [4.69, 9.17) is 4.74 Å². The summed E-state index contributed by atoms with van der Waals surface area (Å²) in [4.78, 5) is 15.4. The number of esters is 1. The Morgan fingerprint density at radius 2 is 1.53 bits per heavy atom. The van der Waals surface area contributed by atoms with Gasteiger partial charge in [0.2, 0.25) is 0 Å². The van der Waals surface area contributed by atoms with Gasteiger partial charge in [-0.25, -0.2) is 0 Å². The third-order valence-corrected chi connectivity index (χ3v) is 3.13. The van der Waals surface area contributed by atoms with Crippen LogP contribution in [0.15, 0.2) is 0 Å². The van der Waals surface area contributed by atoms with Crippen molar-refractivity contribution in [2.45, 2.75) is 46.3 Å². The maximum absolute atomic E-state index is 11.1. The second-order valence-electron chi connectivity index (χ2n) is 4.08. The zero-order valence-electron chi connectivity index (χ0n) is 12.2. The van der Waals surface area contributed by atoms with E-state index in [1.54, 1.807) is 0 Å². The van der Waals surface area contributed by atoms with Crippen molar-refractivity contribution in [2.24, 2.45) is 0 Å². The van der Waals surface area contributed by atoms with Crippen LogP contribution in [0, 0.1) is 0 Å². The molecule has 2 fully saturated rings. The molecule has 2 aliphatic heterocycles. The molecule has 0 radical (unpaired) electrons. The van der Waals surface area contributed by atoms with Crippen molar-refractivity contribution >= 4 is 5.97 Å². The van der Waals surface area contributed by atoms with Crippen LogP contribution in [0.4, 0.5) is 0 Å². The molecule has 0 N–H and O–H groups in total. The first-order valence-electron chi connectivity index (χ1n) is 6.74. The lowest BCUT2D eigenvalue weighted by Gasteiger charge is -2.40. The Bertz CT molecular complexity index is 223. The van der Waals surface area contributed by atoms with Crippen molar-refractivity contribution in [2.75, 3.05) is 33.7 Å². The Balaban J connectivity index is 0.000000581. The minimum absolute atomic E-state index is 0.0768. The zero-order chi connectivity index (χ0) is 13.5. The standard InChI is InChI=1S/C9H16N2O2.2C2H6/c1-10-5-3-9(4-6-10)11(2)7-8(12)13-9;2*1-2/h3-7H2,1-2H3;2*1-2H3. The van der Waals surface area contributed by atoms with Crippen LogP contribution in [0.25, 0.3) is 0 Å². The van der Waals surface area contributed by atoms with Gasteiger partial charge in [-0.05, 0) is 14.1 Å². The summed E-state index contributed by atoms with van der Waals surface area (Å²) < 4.78 is 5.41. The highest BCUT2D eigenvalue weighted by Gasteiger charge is 2.46. The van der Waals surface area contributed by atoms with E-state index < -0.39 is 0 Å². The smallest absolute Gasteiger partial charge is 0.322 e. The fourth-order valence-corrected chi connectivity index (χ4v) is 2.11. The number of carbonyl (C=O) groups excluding carboxylic acids is 1. The summed E-state index contributed by atoms with van der Waals surface area (Å²) in [6.07, 6.45) is 1.87. The average Bonchev–Trinajstić information content (AvgIpc) is 2.64. The van der Waals surface area contributed by atoms with Gasteiger partial charge in [-0.15, -0.1) is 0 Å². The molecular formula is C13H28N2O2. The van der Waals surface area contributed by atoms with Crippen LogP contribution in [-0.2, 0) is 9.53 Å². The minimum Gasteiger partial charge on any atom is -0.443 e. The summed E-state index contributed by atoms with van der Waals surface area (Å²) >= 11 is 0. The molecule has 2 rings (SSSR count). The normalized spacial score (nSPS) is 23.3. The van der Waals surface area contributed by atoms with E-state index >= 15 is 0 Å². The SMILES string of the molecule is CC.CC.CN1CCC2(CC1)OC(=O)CN2C. The maximum Gasteiger partial charge on any atom is 0.322 e. The van der Waals surface area contributed by atoms with Gasteiger partial charge in [0.05, 0.1) is 6.54 Å². The third-order valence-electron chi connectivity index (χ3n) is 3.13. The molecule has 4 heteroatoms. The number of ether oxygens (including phenoxy) is 1. The highest BCUT2D eigenvalue weighted by Crippen LogP contribution is 2.32. The van der Waals surface area contributed by atoms with Crippen LogP contribution >= 0.6 is 0 Å². The van der Waals surface area contributed by atoms with Crippen molar-refractivity contribution < 1.29 is 9.53 Å². The molecule has 0 aliphatic carbocycles. The van der Waals surface area contributed by atoms with Crippen molar-refractivity contribution in [3.05, 3.63) is 0 Å². The summed E-state index contributed by atoms with van der Waals surface area (Å²) in [7, 11) is 4.07. The molecule has 0 aromatic rings. The van der Waals surface area contributed by atoms with Crippen molar-refractivity contribution in [1.29, 1.82) is 0 Å². The zero-order valence-corrected chi connectivity index (χ0v) is 12.2. The van der Waals surface area contributed by atoms with E-state index in [2.05, 4.69) is 11.9 Å². The largest absolute Gasteiger partial charge is 0.443 e. The van der Waals surface area contributed by atoms with Gasteiger partial charge in [0, 0.05) is 25.9 Å². The minimum atomic E-state index is -0.274. The number of carbonyl (C=O) groups is 1. The molecule has 0 atom stereocenters. The highest BCUT2D eigenvalue weighted by molar-refractivity contribution is 5.74. The number of piperidine rings is 1. The predicted molar refractivity (Wildman–Crippen MR) is 70.9 cm³/mol. The summed E-state index contributed by atoms with van der Waals surface area (Å²) in [6, 6.07) is 0. The quantitative estimate of drug-likeness (QED) is 0.610. The lowest BCUT2D eigenvalue weighted by molar-refractivity contribution is -0.159. The van der Waals surface area contributed by atoms with Crippen LogP contribution in [0.2, 0.25) is 0 Å². The lowest BCUT2D eigenvalue weighted by Crippen LogP contribution is -2.50. The number of nitrogens with zero attached hydrogens (tertiary/aromatic N) is 2. The van der Waals surface area contributed by atoms with Crippen LogP contribution < -0.4 is 0 Å². The molecule has 0 saturated carbocycles. The van der Waals surface area contributed by atoms with Gasteiger partial charge in [0.15, 0.2) is 5.72 Å². The summed E-state index contributed by atoms with van der Waals surface area (Å²) in [5.41, 5.74) is -0.274. The van der Waals surface area contributed by atoms with E-state index in [-0.39, 0.29) is 11.7 Å². The Morgan fingerprint density at radius 3 is 1.88 bits per heavy atom. The van der Waals surface area contributed by atoms with Gasteiger partial charge >= 0.3 is 5.97 Å². The Kier molecular flexibility index (Phi) is 7.39. The van der Waals surface area contributed by atoms with Gasteiger partial charge in [0.25, 0.3) is 0 Å². The van der Waals surface area contributed by atoms with Gasteiger partial charge in [-0.3, -0.25) is 9.69 Å². The maximum atomic E-state index is 11.1. The Labute approximate surface area is 106 Å². The second kappa shape index (κ2) is 7.67. The Hall–Kier alpha value is -0.610. The van der Waals surface area contributed by atoms with E-state index in [1.165, 1.54) is 0 Å². The molecule has 1 spiro atoms. The van der Waals surface area contributed by atoms with Crippen LogP contribution in [0.5, 0.6) is 0 Å². The van der Waals surface area contributed by atoms with E-state index in [9.17, 15) is 4.79 Å². The fraction of sp³-hybridized carbons (Fsp3) is 0.923. The van der Waals surface area contributed by atoms with Crippen molar-refractivity contribution in [1.82, 2.24) is 9.80 Å². The molecule has 0 aromatic heterocycles. The highest BCUT2D eigenvalue weighted by atomic mass is 16.6.